The van der Waals surface area contributed by atoms with Crippen LogP contribution in [0.25, 0.3) is 0 Å². The maximum absolute atomic E-state index is 5.90. The molecule has 0 aliphatic rings. The highest BCUT2D eigenvalue weighted by Crippen LogP contribution is 2.15. The lowest BCUT2D eigenvalue weighted by Gasteiger charge is -2.09. The highest BCUT2D eigenvalue weighted by atomic mass is 35.5. The summed E-state index contributed by atoms with van der Waals surface area (Å²) in [5.74, 6) is 0.899. The first kappa shape index (κ1) is 18.5. The van der Waals surface area contributed by atoms with Crippen molar-refractivity contribution in [1.82, 2.24) is 5.32 Å². The van der Waals surface area contributed by atoms with Gasteiger partial charge in [-0.1, -0.05) is 65.7 Å². The molecule has 3 rings (SSSR count). The van der Waals surface area contributed by atoms with Crippen LogP contribution in [0.15, 0.2) is 72.8 Å². The van der Waals surface area contributed by atoms with Gasteiger partial charge >= 0.3 is 0 Å². The third kappa shape index (κ3) is 5.91. The average molecular weight is 366 g/mol. The Morgan fingerprint density at radius 1 is 0.769 bits per heavy atom. The minimum Gasteiger partial charge on any atom is -0.489 e. The van der Waals surface area contributed by atoms with E-state index in [1.807, 2.05) is 24.3 Å². The summed E-state index contributed by atoms with van der Waals surface area (Å²) >= 11 is 5.90. The van der Waals surface area contributed by atoms with Crippen LogP contribution >= 0.6 is 11.6 Å². The van der Waals surface area contributed by atoms with Crippen LogP contribution in [0.1, 0.15) is 22.3 Å². The van der Waals surface area contributed by atoms with Crippen molar-refractivity contribution in [3.05, 3.63) is 100 Å². The lowest BCUT2D eigenvalue weighted by Crippen LogP contribution is -2.16. The molecular formula is C23H24ClNO. The molecule has 3 heteroatoms. The van der Waals surface area contributed by atoms with Crippen molar-refractivity contribution in [3.63, 3.8) is 0 Å². The zero-order valence-corrected chi connectivity index (χ0v) is 15.8. The molecule has 3 aromatic carbocycles. The molecule has 0 amide bonds. The van der Waals surface area contributed by atoms with Crippen LogP contribution < -0.4 is 10.1 Å². The number of nitrogens with one attached hydrogen (secondary N) is 1. The van der Waals surface area contributed by atoms with Gasteiger partial charge in [0.1, 0.15) is 12.4 Å². The van der Waals surface area contributed by atoms with Crippen molar-refractivity contribution >= 4 is 11.6 Å². The van der Waals surface area contributed by atoms with Gasteiger partial charge in [-0.15, -0.1) is 0 Å². The lowest BCUT2D eigenvalue weighted by atomic mass is 10.1. The van der Waals surface area contributed by atoms with E-state index in [9.17, 15) is 0 Å². The number of halogens is 1. The van der Waals surface area contributed by atoms with Gasteiger partial charge in [0.15, 0.2) is 0 Å². The summed E-state index contributed by atoms with van der Waals surface area (Å²) in [5.41, 5.74) is 5.00. The van der Waals surface area contributed by atoms with Crippen molar-refractivity contribution in [3.8, 4) is 5.75 Å². The van der Waals surface area contributed by atoms with Crippen LogP contribution in [0.2, 0.25) is 5.02 Å². The molecule has 0 spiro atoms. The monoisotopic (exact) mass is 365 g/mol. The van der Waals surface area contributed by atoms with E-state index in [2.05, 4.69) is 60.8 Å². The Morgan fingerprint density at radius 3 is 2.08 bits per heavy atom. The standard InChI is InChI=1S/C23H24ClNO/c1-18-2-4-21(5-3-18)17-26-23-12-8-20(9-13-23)16-25-15-14-19-6-10-22(24)11-7-19/h2-13,25H,14-17H2,1H3. The van der Waals surface area contributed by atoms with E-state index in [0.29, 0.717) is 6.61 Å². The molecule has 1 N–H and O–H groups in total. The smallest absolute Gasteiger partial charge is 0.119 e. The van der Waals surface area contributed by atoms with Gasteiger partial charge in [0, 0.05) is 11.6 Å². The zero-order chi connectivity index (χ0) is 18.2. The third-order valence-corrected chi connectivity index (χ3v) is 4.53. The summed E-state index contributed by atoms with van der Waals surface area (Å²) in [6.45, 7) is 4.48. The summed E-state index contributed by atoms with van der Waals surface area (Å²) in [5, 5.41) is 4.26. The molecule has 0 atom stereocenters. The normalized spacial score (nSPS) is 10.7. The molecule has 0 radical (unpaired) electrons. The fourth-order valence-electron chi connectivity index (χ4n) is 2.67. The van der Waals surface area contributed by atoms with Crippen LogP contribution in [0.5, 0.6) is 5.75 Å². The van der Waals surface area contributed by atoms with Crippen LogP contribution in [-0.4, -0.2) is 6.54 Å². The van der Waals surface area contributed by atoms with Crippen molar-refractivity contribution in [2.45, 2.75) is 26.5 Å². The van der Waals surface area contributed by atoms with Gasteiger partial charge in [0.2, 0.25) is 0 Å². The fourth-order valence-corrected chi connectivity index (χ4v) is 2.80. The summed E-state index contributed by atoms with van der Waals surface area (Å²) in [6.07, 6.45) is 0.995. The van der Waals surface area contributed by atoms with E-state index in [-0.39, 0.29) is 0 Å². The van der Waals surface area contributed by atoms with E-state index < -0.39 is 0 Å². The second kappa shape index (κ2) is 9.42. The molecule has 0 aliphatic heterocycles. The summed E-state index contributed by atoms with van der Waals surface area (Å²) in [6, 6.07) is 24.7. The van der Waals surface area contributed by atoms with Gasteiger partial charge in [0.05, 0.1) is 0 Å². The van der Waals surface area contributed by atoms with Crippen molar-refractivity contribution < 1.29 is 4.74 Å². The van der Waals surface area contributed by atoms with Gasteiger partial charge in [-0.05, 0) is 60.8 Å². The van der Waals surface area contributed by atoms with Crippen molar-refractivity contribution in [2.24, 2.45) is 0 Å². The molecule has 0 unspecified atom stereocenters. The molecule has 26 heavy (non-hydrogen) atoms. The summed E-state index contributed by atoms with van der Waals surface area (Å²) in [4.78, 5) is 0. The van der Waals surface area contributed by atoms with Gasteiger partial charge in [-0.3, -0.25) is 0 Å². The maximum Gasteiger partial charge on any atom is 0.119 e. The first-order valence-electron chi connectivity index (χ1n) is 8.91. The van der Waals surface area contributed by atoms with Crippen molar-refractivity contribution in [1.29, 1.82) is 0 Å². The fraction of sp³-hybridized carbons (Fsp3) is 0.217. The summed E-state index contributed by atoms with van der Waals surface area (Å²) in [7, 11) is 0. The quantitative estimate of drug-likeness (QED) is 0.527. The highest BCUT2D eigenvalue weighted by molar-refractivity contribution is 6.30. The van der Waals surface area contributed by atoms with E-state index in [4.69, 9.17) is 16.3 Å². The first-order chi connectivity index (χ1) is 12.7. The molecular weight excluding hydrogens is 342 g/mol. The Labute approximate surface area is 160 Å². The molecule has 134 valence electrons. The predicted molar refractivity (Wildman–Crippen MR) is 109 cm³/mol. The molecule has 0 saturated heterocycles. The minimum absolute atomic E-state index is 0.596. The van der Waals surface area contributed by atoms with Crippen LogP contribution in [0.4, 0.5) is 0 Å². The van der Waals surface area contributed by atoms with Gasteiger partial charge in [-0.25, -0.2) is 0 Å². The molecule has 3 aromatic rings. The van der Waals surface area contributed by atoms with E-state index in [1.165, 1.54) is 22.3 Å². The lowest BCUT2D eigenvalue weighted by molar-refractivity contribution is 0.306. The summed E-state index contributed by atoms with van der Waals surface area (Å²) < 4.78 is 5.85. The molecule has 0 aromatic heterocycles. The zero-order valence-electron chi connectivity index (χ0n) is 15.0. The molecule has 0 fully saturated rings. The number of aryl methyl sites for hydroxylation is 1. The molecule has 0 bridgehead atoms. The van der Waals surface area contributed by atoms with Crippen LogP contribution in [-0.2, 0) is 19.6 Å². The highest BCUT2D eigenvalue weighted by Gasteiger charge is 1.99. The number of rotatable bonds is 8. The Kier molecular flexibility index (Phi) is 6.70. The van der Waals surface area contributed by atoms with E-state index in [0.717, 1.165) is 30.3 Å². The van der Waals surface area contributed by atoms with E-state index in [1.54, 1.807) is 0 Å². The Morgan fingerprint density at radius 2 is 1.38 bits per heavy atom. The second-order valence-electron chi connectivity index (χ2n) is 6.47. The van der Waals surface area contributed by atoms with Crippen molar-refractivity contribution in [2.75, 3.05) is 6.54 Å². The second-order valence-corrected chi connectivity index (χ2v) is 6.91. The average Bonchev–Trinajstić information content (AvgIpc) is 2.67. The number of hydrogen-bond donors (Lipinski definition) is 1. The van der Waals surface area contributed by atoms with Gasteiger partial charge < -0.3 is 10.1 Å². The third-order valence-electron chi connectivity index (χ3n) is 4.28. The van der Waals surface area contributed by atoms with Crippen LogP contribution in [0, 0.1) is 6.92 Å². The Bertz CT molecular complexity index is 795. The van der Waals surface area contributed by atoms with Crippen LogP contribution in [0.3, 0.4) is 0 Å². The molecule has 0 heterocycles. The maximum atomic E-state index is 5.90. The number of hydrogen-bond acceptors (Lipinski definition) is 2. The minimum atomic E-state index is 0.596. The van der Waals surface area contributed by atoms with Gasteiger partial charge in [0.25, 0.3) is 0 Å². The van der Waals surface area contributed by atoms with E-state index >= 15 is 0 Å². The number of benzene rings is 3. The SMILES string of the molecule is Cc1ccc(COc2ccc(CNCCc3ccc(Cl)cc3)cc2)cc1. The topological polar surface area (TPSA) is 21.3 Å². The van der Waals surface area contributed by atoms with Gasteiger partial charge in [-0.2, -0.15) is 0 Å². The Balaban J connectivity index is 1.39. The first-order valence-corrected chi connectivity index (χ1v) is 9.29. The number of ether oxygens (including phenoxy) is 1. The molecule has 0 aliphatic carbocycles. The Hall–Kier alpha value is -2.29. The largest absolute Gasteiger partial charge is 0.489 e. The predicted octanol–water partition coefficient (Wildman–Crippen LogP) is 5.56. The molecule has 2 nitrogen and oxygen atoms in total. The molecule has 0 saturated carbocycles.